The van der Waals surface area contributed by atoms with E-state index in [-0.39, 0.29) is 5.91 Å². The molecule has 0 aliphatic rings. The number of hydrogen-bond acceptors (Lipinski definition) is 3. The maximum absolute atomic E-state index is 11.7. The first-order valence-corrected chi connectivity index (χ1v) is 7.07. The van der Waals surface area contributed by atoms with Crippen molar-refractivity contribution in [3.05, 3.63) is 47.8 Å². The van der Waals surface area contributed by atoms with Crippen LogP contribution in [0.4, 0.5) is 0 Å². The van der Waals surface area contributed by atoms with Crippen LogP contribution in [0.25, 0.3) is 0 Å². The molecule has 4 nitrogen and oxygen atoms in total. The Morgan fingerprint density at radius 1 is 1.37 bits per heavy atom. The maximum Gasteiger partial charge on any atom is 0.230 e. The van der Waals surface area contributed by atoms with Gasteiger partial charge in [0.1, 0.15) is 0 Å². The molecule has 19 heavy (non-hydrogen) atoms. The third kappa shape index (κ3) is 4.13. The summed E-state index contributed by atoms with van der Waals surface area (Å²) in [5.74, 6) is 0.473. The molecule has 0 saturated carbocycles. The van der Waals surface area contributed by atoms with Crippen molar-refractivity contribution in [3.63, 3.8) is 0 Å². The fraction of sp³-hybridized carbons (Fsp3) is 0.286. The molecule has 2 aromatic rings. The minimum Gasteiger partial charge on any atom is -0.351 e. The third-order valence-corrected chi connectivity index (χ3v) is 3.72. The normalized spacial score (nSPS) is 10.4. The van der Waals surface area contributed by atoms with Crippen molar-refractivity contribution < 1.29 is 4.79 Å². The van der Waals surface area contributed by atoms with E-state index < -0.39 is 0 Å². The molecule has 0 aliphatic carbocycles. The van der Waals surface area contributed by atoms with Gasteiger partial charge in [0.15, 0.2) is 0 Å². The summed E-state index contributed by atoms with van der Waals surface area (Å²) in [6.07, 6.45) is 1.93. The van der Waals surface area contributed by atoms with Gasteiger partial charge >= 0.3 is 0 Å². The summed E-state index contributed by atoms with van der Waals surface area (Å²) >= 11 is 1.54. The van der Waals surface area contributed by atoms with Crippen molar-refractivity contribution in [1.82, 2.24) is 15.1 Å². The number of hydrogen-bond donors (Lipinski definition) is 1. The molecule has 100 valence electrons. The minimum atomic E-state index is 0.0390. The van der Waals surface area contributed by atoms with Gasteiger partial charge in [0, 0.05) is 30.2 Å². The predicted molar refractivity (Wildman–Crippen MR) is 77.0 cm³/mol. The molecule has 1 heterocycles. The number of rotatable bonds is 5. The van der Waals surface area contributed by atoms with E-state index >= 15 is 0 Å². The second kappa shape index (κ2) is 6.43. The van der Waals surface area contributed by atoms with Crippen molar-refractivity contribution in [2.75, 3.05) is 5.75 Å². The second-order valence-electron chi connectivity index (χ2n) is 4.29. The third-order valence-electron chi connectivity index (χ3n) is 2.70. The molecule has 0 unspecified atom stereocenters. The summed E-state index contributed by atoms with van der Waals surface area (Å²) < 4.78 is 1.76. The molecule has 1 aromatic heterocycles. The fourth-order valence-electron chi connectivity index (χ4n) is 1.73. The molecule has 1 N–H and O–H groups in total. The van der Waals surface area contributed by atoms with Crippen molar-refractivity contribution in [1.29, 1.82) is 0 Å². The zero-order chi connectivity index (χ0) is 13.7. The van der Waals surface area contributed by atoms with Crippen LogP contribution < -0.4 is 5.32 Å². The molecule has 5 heteroatoms. The fourth-order valence-corrected chi connectivity index (χ4v) is 2.48. The number of benzene rings is 1. The van der Waals surface area contributed by atoms with Crippen molar-refractivity contribution >= 4 is 17.7 Å². The number of carbonyl (C=O) groups is 1. The maximum atomic E-state index is 11.7. The van der Waals surface area contributed by atoms with Gasteiger partial charge < -0.3 is 5.32 Å². The Bertz CT molecular complexity index is 551. The topological polar surface area (TPSA) is 46.9 Å². The first-order chi connectivity index (χ1) is 9.15. The molecule has 0 atom stereocenters. The Morgan fingerprint density at radius 2 is 2.11 bits per heavy atom. The lowest BCUT2D eigenvalue weighted by molar-refractivity contribution is -0.118. The van der Waals surface area contributed by atoms with Gasteiger partial charge in [-0.2, -0.15) is 5.10 Å². The summed E-state index contributed by atoms with van der Waals surface area (Å²) in [7, 11) is 1.88. The molecular formula is C14H17N3OS. The summed E-state index contributed by atoms with van der Waals surface area (Å²) in [5.41, 5.74) is 2.01. The lowest BCUT2D eigenvalue weighted by atomic mass is 10.2. The van der Waals surface area contributed by atoms with Crippen LogP contribution in [0.2, 0.25) is 0 Å². The molecule has 0 aliphatic heterocycles. The van der Waals surface area contributed by atoms with Crippen LogP contribution in [0.5, 0.6) is 0 Å². The van der Waals surface area contributed by atoms with Gasteiger partial charge in [0.05, 0.1) is 11.4 Å². The lowest BCUT2D eigenvalue weighted by Crippen LogP contribution is -2.24. The van der Waals surface area contributed by atoms with Crippen LogP contribution in [0.3, 0.4) is 0 Å². The molecule has 0 spiro atoms. The van der Waals surface area contributed by atoms with Gasteiger partial charge in [-0.25, -0.2) is 0 Å². The monoisotopic (exact) mass is 275 g/mol. The van der Waals surface area contributed by atoms with E-state index in [9.17, 15) is 4.79 Å². The molecule has 0 saturated heterocycles. The molecule has 0 fully saturated rings. The average Bonchev–Trinajstić information content (AvgIpc) is 2.73. The van der Waals surface area contributed by atoms with Crippen LogP contribution in [0, 0.1) is 6.92 Å². The standard InChI is InChI=1S/C14H17N3OS/c1-11-12(9-17(2)16-11)8-15-14(18)10-19-13-6-4-3-5-7-13/h3-7,9H,8,10H2,1-2H3,(H,15,18). The van der Waals surface area contributed by atoms with Gasteiger partial charge in [-0.05, 0) is 19.1 Å². The van der Waals surface area contributed by atoms with E-state index in [1.54, 1.807) is 16.4 Å². The number of amides is 1. The molecule has 1 aromatic carbocycles. The number of nitrogens with zero attached hydrogens (tertiary/aromatic N) is 2. The first-order valence-electron chi connectivity index (χ1n) is 6.09. The Kier molecular flexibility index (Phi) is 4.63. The lowest BCUT2D eigenvalue weighted by Gasteiger charge is -2.04. The molecule has 2 rings (SSSR count). The van der Waals surface area contributed by atoms with Crippen LogP contribution in [-0.2, 0) is 18.4 Å². The van der Waals surface area contributed by atoms with Crippen LogP contribution in [-0.4, -0.2) is 21.4 Å². The summed E-state index contributed by atoms with van der Waals surface area (Å²) in [5, 5.41) is 7.15. The highest BCUT2D eigenvalue weighted by molar-refractivity contribution is 8.00. The largest absolute Gasteiger partial charge is 0.351 e. The molecule has 1 amide bonds. The Morgan fingerprint density at radius 3 is 2.74 bits per heavy atom. The Hall–Kier alpha value is -1.75. The number of aromatic nitrogens is 2. The first kappa shape index (κ1) is 13.7. The number of thioether (sulfide) groups is 1. The van der Waals surface area contributed by atoms with Gasteiger partial charge in [0.2, 0.25) is 5.91 Å². The van der Waals surface area contributed by atoms with Gasteiger partial charge in [0.25, 0.3) is 0 Å². The Balaban J connectivity index is 1.77. The smallest absolute Gasteiger partial charge is 0.230 e. The van der Waals surface area contributed by atoms with E-state index in [1.165, 1.54) is 0 Å². The summed E-state index contributed by atoms with van der Waals surface area (Å²) in [4.78, 5) is 12.9. The van der Waals surface area contributed by atoms with Crippen molar-refractivity contribution in [3.8, 4) is 0 Å². The number of nitrogens with one attached hydrogen (secondary N) is 1. The molecule has 0 radical (unpaired) electrons. The van der Waals surface area contributed by atoms with E-state index in [0.29, 0.717) is 12.3 Å². The van der Waals surface area contributed by atoms with E-state index in [2.05, 4.69) is 10.4 Å². The van der Waals surface area contributed by atoms with Crippen molar-refractivity contribution in [2.45, 2.75) is 18.4 Å². The SMILES string of the molecule is Cc1nn(C)cc1CNC(=O)CSc1ccccc1. The highest BCUT2D eigenvalue weighted by Gasteiger charge is 2.06. The van der Waals surface area contributed by atoms with Crippen LogP contribution in [0.1, 0.15) is 11.3 Å². The molecule has 0 bridgehead atoms. The van der Waals surface area contributed by atoms with Crippen molar-refractivity contribution in [2.24, 2.45) is 7.05 Å². The summed E-state index contributed by atoms with van der Waals surface area (Å²) in [6, 6.07) is 9.92. The van der Waals surface area contributed by atoms with Crippen LogP contribution in [0.15, 0.2) is 41.4 Å². The quantitative estimate of drug-likeness (QED) is 0.850. The van der Waals surface area contributed by atoms with Gasteiger partial charge in [-0.3, -0.25) is 9.48 Å². The van der Waals surface area contributed by atoms with Gasteiger partial charge in [-0.15, -0.1) is 11.8 Å². The number of aryl methyl sites for hydroxylation is 2. The summed E-state index contributed by atoms with van der Waals surface area (Å²) in [6.45, 7) is 2.48. The number of carbonyl (C=O) groups excluding carboxylic acids is 1. The molecular weight excluding hydrogens is 258 g/mol. The van der Waals surface area contributed by atoms with Crippen LogP contribution >= 0.6 is 11.8 Å². The van der Waals surface area contributed by atoms with E-state index in [0.717, 1.165) is 16.2 Å². The highest BCUT2D eigenvalue weighted by atomic mass is 32.2. The highest BCUT2D eigenvalue weighted by Crippen LogP contribution is 2.16. The average molecular weight is 275 g/mol. The van der Waals surface area contributed by atoms with E-state index in [4.69, 9.17) is 0 Å². The zero-order valence-electron chi connectivity index (χ0n) is 11.1. The van der Waals surface area contributed by atoms with Gasteiger partial charge in [-0.1, -0.05) is 18.2 Å². The van der Waals surface area contributed by atoms with E-state index in [1.807, 2.05) is 50.5 Å². The minimum absolute atomic E-state index is 0.0390. The second-order valence-corrected chi connectivity index (χ2v) is 5.34. The Labute approximate surface area is 117 Å². The predicted octanol–water partition coefficient (Wildman–Crippen LogP) is 2.14. The zero-order valence-corrected chi connectivity index (χ0v) is 11.9.